The van der Waals surface area contributed by atoms with Crippen LogP contribution in [-0.4, -0.2) is 70.0 Å². The maximum atomic E-state index is 12.9. The molecule has 598 valence electrons. The van der Waals surface area contributed by atoms with Gasteiger partial charge in [0.2, 0.25) is 0 Å². The van der Waals surface area contributed by atoms with Crippen molar-refractivity contribution in [2.75, 3.05) is 47.5 Å². The highest BCUT2D eigenvalue weighted by Crippen LogP contribution is 2.38. The van der Waals surface area contributed by atoms with Crippen molar-refractivity contribution in [3.63, 3.8) is 0 Å². The molecule has 0 aliphatic heterocycles. The molecule has 0 aliphatic rings. The normalized spacial score (nSPS) is 13.3. The minimum Gasteiger partial charge on any atom is -0.756 e. The maximum Gasteiger partial charge on any atom is 0.306 e. The van der Waals surface area contributed by atoms with Gasteiger partial charge in [0.25, 0.3) is 7.82 Å². The van der Waals surface area contributed by atoms with Crippen LogP contribution in [0.5, 0.6) is 0 Å². The van der Waals surface area contributed by atoms with Crippen molar-refractivity contribution < 1.29 is 42.1 Å². The number of likely N-dealkylation sites (N-methyl/N-ethyl adjacent to an activating group) is 1. The van der Waals surface area contributed by atoms with E-state index >= 15 is 0 Å². The standard InChI is InChI=1S/C92H172NO8P/c1-6-8-10-12-14-16-18-20-22-24-26-28-30-32-34-36-38-40-42-44-45-46-47-49-50-52-54-56-58-60-62-64-66-68-70-72-74-76-78-80-82-84-91(94)98-88-90(89-100-102(96,97)99-87-86-93(3,4)5)101-92(95)85-83-81-79-77-75-73-71-69-67-65-63-61-59-57-55-53-51-48-43-41-39-37-35-33-31-29-27-25-23-21-19-17-15-13-11-9-7-2/h9,11,15,17-18,20-21,23-24,26-27,29,90H,6-8,10,12-14,16,19,22,25,28,30-89H2,1-5H3/b11-9-,17-15-,20-18-,23-21-,26-24-,29-27-. The van der Waals surface area contributed by atoms with Crippen molar-refractivity contribution in [2.24, 2.45) is 0 Å². The van der Waals surface area contributed by atoms with Crippen LogP contribution >= 0.6 is 7.82 Å². The molecule has 0 rings (SSSR count). The van der Waals surface area contributed by atoms with Gasteiger partial charge in [-0.15, -0.1) is 0 Å². The summed E-state index contributed by atoms with van der Waals surface area (Å²) in [5.74, 6) is -0.807. The van der Waals surface area contributed by atoms with Crippen molar-refractivity contribution in [1.82, 2.24) is 0 Å². The first-order valence-electron chi connectivity index (χ1n) is 44.6. The lowest BCUT2D eigenvalue weighted by molar-refractivity contribution is -0.870. The summed E-state index contributed by atoms with van der Waals surface area (Å²) < 4.78 is 34.5. The fourth-order valence-corrected chi connectivity index (χ4v) is 14.2. The summed E-state index contributed by atoms with van der Waals surface area (Å²) in [6.07, 6.45) is 114. The number of quaternary nitrogens is 1. The van der Waals surface area contributed by atoms with E-state index in [4.69, 9.17) is 18.5 Å². The summed E-state index contributed by atoms with van der Waals surface area (Å²) in [5.41, 5.74) is 0. The number of hydrogen-bond donors (Lipinski definition) is 0. The van der Waals surface area contributed by atoms with E-state index in [0.717, 1.165) is 64.2 Å². The van der Waals surface area contributed by atoms with Crippen LogP contribution in [0.25, 0.3) is 0 Å². The number of carbonyl (C=O) groups excluding carboxylic acids is 2. The highest BCUT2D eigenvalue weighted by Gasteiger charge is 2.22. The summed E-state index contributed by atoms with van der Waals surface area (Å²) in [7, 11) is 1.19. The van der Waals surface area contributed by atoms with Crippen LogP contribution in [0.3, 0.4) is 0 Å². The Labute approximate surface area is 635 Å². The average Bonchev–Trinajstić information content (AvgIpc) is 0.913. The predicted molar refractivity (Wildman–Crippen MR) is 443 cm³/mol. The molecule has 2 unspecified atom stereocenters. The molecule has 0 saturated heterocycles. The van der Waals surface area contributed by atoms with Crippen molar-refractivity contribution in [2.45, 2.75) is 457 Å². The number of hydrogen-bond acceptors (Lipinski definition) is 8. The van der Waals surface area contributed by atoms with Crippen molar-refractivity contribution in [1.29, 1.82) is 0 Å². The van der Waals surface area contributed by atoms with E-state index in [2.05, 4.69) is 86.8 Å². The number of allylic oxidation sites excluding steroid dienone is 12. The summed E-state index contributed by atoms with van der Waals surface area (Å²) in [5, 5.41) is 0. The molecule has 0 spiro atoms. The first kappa shape index (κ1) is 99.5. The molecule has 0 N–H and O–H groups in total. The zero-order valence-electron chi connectivity index (χ0n) is 68.6. The molecule has 0 saturated carbocycles. The largest absolute Gasteiger partial charge is 0.756 e. The lowest BCUT2D eigenvalue weighted by Crippen LogP contribution is -2.37. The number of phosphoric acid groups is 1. The zero-order valence-corrected chi connectivity index (χ0v) is 69.5. The van der Waals surface area contributed by atoms with Gasteiger partial charge in [-0.2, -0.15) is 0 Å². The number of nitrogens with zero attached hydrogens (tertiary/aromatic N) is 1. The zero-order chi connectivity index (χ0) is 74.0. The van der Waals surface area contributed by atoms with E-state index in [0.29, 0.717) is 17.4 Å². The molecule has 9 nitrogen and oxygen atoms in total. The summed E-state index contributed by atoms with van der Waals surface area (Å²) in [6.45, 7) is 4.19. The van der Waals surface area contributed by atoms with Crippen LogP contribution in [0.2, 0.25) is 0 Å². The van der Waals surface area contributed by atoms with Crippen LogP contribution in [0.4, 0.5) is 0 Å². The van der Waals surface area contributed by atoms with Crippen LogP contribution < -0.4 is 4.89 Å². The summed E-state index contributed by atoms with van der Waals surface area (Å²) >= 11 is 0. The highest BCUT2D eigenvalue weighted by molar-refractivity contribution is 7.45. The third-order valence-corrected chi connectivity index (χ3v) is 21.2. The van der Waals surface area contributed by atoms with E-state index in [9.17, 15) is 19.0 Å². The molecule has 0 aromatic heterocycles. The van der Waals surface area contributed by atoms with Crippen molar-refractivity contribution in [3.05, 3.63) is 72.9 Å². The van der Waals surface area contributed by atoms with Crippen molar-refractivity contribution in [3.8, 4) is 0 Å². The minimum absolute atomic E-state index is 0.0281. The van der Waals surface area contributed by atoms with Gasteiger partial charge in [0.15, 0.2) is 6.10 Å². The van der Waals surface area contributed by atoms with Crippen LogP contribution in [0, 0.1) is 0 Å². The van der Waals surface area contributed by atoms with Crippen molar-refractivity contribution >= 4 is 19.8 Å². The van der Waals surface area contributed by atoms with E-state index in [1.807, 2.05) is 21.1 Å². The lowest BCUT2D eigenvalue weighted by Gasteiger charge is -2.28. The fraction of sp³-hybridized carbons (Fsp3) is 0.848. The van der Waals surface area contributed by atoms with Crippen LogP contribution in [0.15, 0.2) is 72.9 Å². The number of unbranched alkanes of at least 4 members (excludes halogenated alkanes) is 58. The Morgan fingerprint density at radius 2 is 0.559 bits per heavy atom. The Kier molecular flexibility index (Phi) is 80.4. The molecule has 2 atom stereocenters. The summed E-state index contributed by atoms with van der Waals surface area (Å²) in [6, 6.07) is 0. The molecule has 0 fully saturated rings. The molecule has 0 radical (unpaired) electrons. The van der Waals surface area contributed by atoms with Gasteiger partial charge in [0.05, 0.1) is 27.7 Å². The van der Waals surface area contributed by atoms with Gasteiger partial charge >= 0.3 is 11.9 Å². The van der Waals surface area contributed by atoms with Gasteiger partial charge < -0.3 is 27.9 Å². The van der Waals surface area contributed by atoms with Gasteiger partial charge in [-0.05, 0) is 83.5 Å². The average molecular weight is 1450 g/mol. The molecule has 10 heteroatoms. The molecule has 0 amide bonds. The van der Waals surface area contributed by atoms with Gasteiger partial charge in [-0.25, -0.2) is 0 Å². The monoisotopic (exact) mass is 1450 g/mol. The smallest absolute Gasteiger partial charge is 0.306 e. The Hall–Kier alpha value is -2.55. The Balaban J connectivity index is 3.84. The molecule has 0 aromatic rings. The minimum atomic E-state index is -4.65. The first-order chi connectivity index (χ1) is 50.0. The molecule has 0 aliphatic carbocycles. The van der Waals surface area contributed by atoms with E-state index in [-0.39, 0.29) is 32.0 Å². The van der Waals surface area contributed by atoms with Crippen LogP contribution in [0.1, 0.15) is 450 Å². The van der Waals surface area contributed by atoms with Crippen LogP contribution in [-0.2, 0) is 32.7 Å². The van der Waals surface area contributed by atoms with Gasteiger partial charge in [-0.1, -0.05) is 427 Å². The van der Waals surface area contributed by atoms with Gasteiger partial charge in [0, 0.05) is 12.8 Å². The van der Waals surface area contributed by atoms with Gasteiger partial charge in [-0.3, -0.25) is 14.2 Å². The highest BCUT2D eigenvalue weighted by atomic mass is 31.2. The topological polar surface area (TPSA) is 111 Å². The molecule has 102 heavy (non-hydrogen) atoms. The molecule has 0 aromatic carbocycles. The summed E-state index contributed by atoms with van der Waals surface area (Å²) in [4.78, 5) is 38.3. The molecule has 0 bridgehead atoms. The Morgan fingerprint density at radius 3 is 0.833 bits per heavy atom. The Morgan fingerprint density at radius 1 is 0.314 bits per heavy atom. The molecular weight excluding hydrogens is 1280 g/mol. The predicted octanol–water partition coefficient (Wildman–Crippen LogP) is 29.6. The second kappa shape index (κ2) is 82.5. The SMILES string of the molecule is CC/C=C\C/C=C\C/C=C\C/C=C\CCCCCCCCCCCCCCCCCCCCCCCCCCC(=O)OC(COC(=O)CCCCCCCCCCCCCCCCCCCCCCCCCCCCCCC/C=C\C/C=C\CCCCCCC)COP(=O)([O-])OCC[N+](C)(C)C. The van der Waals surface area contributed by atoms with Gasteiger partial charge in [0.1, 0.15) is 19.8 Å². The van der Waals surface area contributed by atoms with E-state index < -0.39 is 26.5 Å². The third kappa shape index (κ3) is 86.4. The third-order valence-electron chi connectivity index (χ3n) is 20.2. The second-order valence-corrected chi connectivity index (χ2v) is 33.0. The number of rotatable bonds is 84. The van der Waals surface area contributed by atoms with E-state index in [1.165, 1.54) is 353 Å². The Bertz CT molecular complexity index is 1950. The lowest BCUT2D eigenvalue weighted by atomic mass is 10.0. The first-order valence-corrected chi connectivity index (χ1v) is 46.1. The second-order valence-electron chi connectivity index (χ2n) is 31.6. The maximum absolute atomic E-state index is 12.9. The molecular formula is C92H172NO8P. The quantitative estimate of drug-likeness (QED) is 0.0195. The number of ether oxygens (including phenoxy) is 2. The number of esters is 2. The molecule has 0 heterocycles. The van der Waals surface area contributed by atoms with E-state index in [1.54, 1.807) is 0 Å². The fourth-order valence-electron chi connectivity index (χ4n) is 13.5. The number of carbonyl (C=O) groups is 2. The number of phosphoric ester groups is 1.